The van der Waals surface area contributed by atoms with Crippen molar-refractivity contribution in [1.82, 2.24) is 0 Å². The Morgan fingerprint density at radius 2 is 1.80 bits per heavy atom. The topological polar surface area (TPSA) is 25.1 Å². The lowest BCUT2D eigenvalue weighted by Crippen LogP contribution is -1.80. The standard InChI is InChI=1S/C3H5ClO.C2H4O.CH4.ClH/c4-1-3-2-5-3;1-2-3-1;;/h3H,1-2H2;1-2H2;1H4;1H. The van der Waals surface area contributed by atoms with Gasteiger partial charge < -0.3 is 9.47 Å². The van der Waals surface area contributed by atoms with E-state index in [-0.39, 0.29) is 19.8 Å². The second-order valence-corrected chi connectivity index (χ2v) is 2.03. The summed E-state index contributed by atoms with van der Waals surface area (Å²) in [6.45, 7) is 2.88. The van der Waals surface area contributed by atoms with Crippen molar-refractivity contribution in [1.29, 1.82) is 0 Å². The van der Waals surface area contributed by atoms with Gasteiger partial charge in [0.25, 0.3) is 0 Å². The Morgan fingerprint density at radius 3 is 1.80 bits per heavy atom. The van der Waals surface area contributed by atoms with Crippen LogP contribution in [0.1, 0.15) is 7.43 Å². The average Bonchev–Trinajstić information content (AvgIpc) is 2.65. The number of halogens is 2. The number of alkyl halides is 1. The highest BCUT2D eigenvalue weighted by Crippen LogP contribution is 2.08. The van der Waals surface area contributed by atoms with Crippen molar-refractivity contribution in [3.63, 3.8) is 0 Å². The third-order valence-corrected chi connectivity index (χ3v) is 1.12. The molecular weight excluding hydrogens is 175 g/mol. The molecular formula is C6H14Cl2O2. The number of epoxide rings is 2. The van der Waals surface area contributed by atoms with Gasteiger partial charge in [-0.25, -0.2) is 0 Å². The van der Waals surface area contributed by atoms with Crippen molar-refractivity contribution in [2.24, 2.45) is 0 Å². The van der Waals surface area contributed by atoms with Crippen LogP contribution in [0.5, 0.6) is 0 Å². The van der Waals surface area contributed by atoms with Crippen LogP contribution in [0.4, 0.5) is 0 Å². The molecule has 2 aliphatic heterocycles. The molecule has 1 atom stereocenters. The zero-order chi connectivity index (χ0) is 5.82. The number of ether oxygens (including phenoxy) is 2. The summed E-state index contributed by atoms with van der Waals surface area (Å²) in [7, 11) is 0. The predicted molar refractivity (Wildman–Crippen MR) is 45.3 cm³/mol. The van der Waals surface area contributed by atoms with E-state index >= 15 is 0 Å². The minimum Gasteiger partial charge on any atom is -0.377 e. The highest BCUT2D eigenvalue weighted by molar-refractivity contribution is 6.18. The minimum atomic E-state index is 0. The van der Waals surface area contributed by atoms with Gasteiger partial charge in [-0.1, -0.05) is 7.43 Å². The first-order chi connectivity index (χ1) is 3.93. The maximum Gasteiger partial charge on any atom is 0.0944 e. The molecule has 0 bridgehead atoms. The van der Waals surface area contributed by atoms with Crippen LogP contribution in [-0.4, -0.2) is 31.8 Å². The van der Waals surface area contributed by atoms with Crippen LogP contribution in [0.25, 0.3) is 0 Å². The Kier molecular flexibility index (Phi) is 9.97. The fraction of sp³-hybridized carbons (Fsp3) is 1.00. The molecule has 2 saturated heterocycles. The SMILES string of the molecule is C.C1CO1.Cl.ClCC1CO1. The lowest BCUT2D eigenvalue weighted by Gasteiger charge is -1.67. The molecule has 0 aromatic heterocycles. The molecule has 0 aromatic rings. The monoisotopic (exact) mass is 188 g/mol. The van der Waals surface area contributed by atoms with Crippen LogP contribution in [0, 0.1) is 0 Å². The van der Waals surface area contributed by atoms with Gasteiger partial charge in [0.2, 0.25) is 0 Å². The van der Waals surface area contributed by atoms with E-state index in [1.54, 1.807) is 0 Å². The summed E-state index contributed by atoms with van der Waals surface area (Å²) < 4.78 is 9.23. The van der Waals surface area contributed by atoms with Gasteiger partial charge in [0.15, 0.2) is 0 Å². The van der Waals surface area contributed by atoms with Gasteiger partial charge in [0.1, 0.15) is 0 Å². The van der Waals surface area contributed by atoms with Crippen LogP contribution >= 0.6 is 24.0 Å². The first-order valence-corrected chi connectivity index (χ1v) is 3.22. The first-order valence-electron chi connectivity index (χ1n) is 2.69. The Morgan fingerprint density at radius 1 is 1.40 bits per heavy atom. The summed E-state index contributed by atoms with van der Waals surface area (Å²) in [5, 5.41) is 0. The molecule has 0 radical (unpaired) electrons. The van der Waals surface area contributed by atoms with Gasteiger partial charge in [-0.15, -0.1) is 24.0 Å². The van der Waals surface area contributed by atoms with Gasteiger partial charge in [0, 0.05) is 0 Å². The fourth-order valence-electron chi connectivity index (χ4n) is 0.157. The van der Waals surface area contributed by atoms with E-state index in [1.807, 2.05) is 0 Å². The fourth-order valence-corrected chi connectivity index (χ4v) is 0.335. The average molecular weight is 189 g/mol. The number of rotatable bonds is 1. The normalized spacial score (nSPS) is 24.3. The van der Waals surface area contributed by atoms with E-state index in [4.69, 9.17) is 16.3 Å². The van der Waals surface area contributed by atoms with Gasteiger partial charge in [-0.05, 0) is 0 Å². The Bertz CT molecular complexity index is 62.0. The zero-order valence-electron chi connectivity index (χ0n) is 5.01. The third-order valence-electron chi connectivity index (χ3n) is 0.779. The summed E-state index contributed by atoms with van der Waals surface area (Å²) >= 11 is 5.27. The molecule has 0 aromatic carbocycles. The molecule has 1 unspecified atom stereocenters. The summed E-state index contributed by atoms with van der Waals surface area (Å²) in [6, 6.07) is 0. The van der Waals surface area contributed by atoms with E-state index in [1.165, 1.54) is 0 Å². The van der Waals surface area contributed by atoms with E-state index in [2.05, 4.69) is 4.74 Å². The van der Waals surface area contributed by atoms with Crippen LogP contribution in [0.15, 0.2) is 0 Å². The summed E-state index contributed by atoms with van der Waals surface area (Å²) in [5.74, 6) is 0.667. The summed E-state index contributed by atoms with van der Waals surface area (Å²) in [6.07, 6.45) is 0.400. The molecule has 0 N–H and O–H groups in total. The van der Waals surface area contributed by atoms with Gasteiger partial charge in [-0.3, -0.25) is 0 Å². The highest BCUT2D eigenvalue weighted by Gasteiger charge is 2.19. The molecule has 0 spiro atoms. The van der Waals surface area contributed by atoms with Crippen LogP contribution < -0.4 is 0 Å². The lowest BCUT2D eigenvalue weighted by atomic mass is 10.6. The Labute approximate surface area is 73.2 Å². The molecule has 0 aliphatic carbocycles. The molecule has 0 saturated carbocycles. The van der Waals surface area contributed by atoms with Gasteiger partial charge in [-0.2, -0.15) is 0 Å². The largest absolute Gasteiger partial charge is 0.377 e. The molecule has 2 nitrogen and oxygen atoms in total. The van der Waals surface area contributed by atoms with Crippen molar-refractivity contribution in [2.75, 3.05) is 25.7 Å². The molecule has 4 heteroatoms. The van der Waals surface area contributed by atoms with Crippen molar-refractivity contribution in [2.45, 2.75) is 13.5 Å². The summed E-state index contributed by atoms with van der Waals surface area (Å²) in [4.78, 5) is 0. The summed E-state index contributed by atoms with van der Waals surface area (Å²) in [5.41, 5.74) is 0. The van der Waals surface area contributed by atoms with Gasteiger partial charge in [0.05, 0.1) is 31.8 Å². The van der Waals surface area contributed by atoms with Crippen LogP contribution in [0.2, 0.25) is 0 Å². The molecule has 10 heavy (non-hydrogen) atoms. The molecule has 64 valence electrons. The van der Waals surface area contributed by atoms with E-state index in [0.717, 1.165) is 19.8 Å². The lowest BCUT2D eigenvalue weighted by molar-refractivity contribution is 0.425. The zero-order valence-corrected chi connectivity index (χ0v) is 6.58. The quantitative estimate of drug-likeness (QED) is 0.463. The maximum atomic E-state index is 5.27. The first kappa shape index (κ1) is 13.1. The second kappa shape index (κ2) is 7.61. The van der Waals surface area contributed by atoms with Crippen molar-refractivity contribution < 1.29 is 9.47 Å². The Hall–Kier alpha value is 0.500. The van der Waals surface area contributed by atoms with E-state index < -0.39 is 0 Å². The molecule has 2 rings (SSSR count). The van der Waals surface area contributed by atoms with Crippen molar-refractivity contribution in [3.8, 4) is 0 Å². The number of hydrogen-bond donors (Lipinski definition) is 0. The smallest absolute Gasteiger partial charge is 0.0944 e. The van der Waals surface area contributed by atoms with Crippen molar-refractivity contribution >= 4 is 24.0 Å². The van der Waals surface area contributed by atoms with Gasteiger partial charge >= 0.3 is 0 Å². The number of hydrogen-bond acceptors (Lipinski definition) is 2. The van der Waals surface area contributed by atoms with Crippen molar-refractivity contribution in [3.05, 3.63) is 0 Å². The second-order valence-electron chi connectivity index (χ2n) is 1.72. The highest BCUT2D eigenvalue weighted by atomic mass is 35.5. The molecule has 2 fully saturated rings. The molecule has 2 aliphatic rings. The molecule has 0 amide bonds. The molecule has 2 heterocycles. The minimum absolute atomic E-state index is 0. The Balaban J connectivity index is 0. The van der Waals surface area contributed by atoms with E-state index in [9.17, 15) is 0 Å². The predicted octanol–water partition coefficient (Wildman–Crippen LogP) is 1.70. The van der Waals surface area contributed by atoms with E-state index in [0.29, 0.717) is 12.0 Å². The maximum absolute atomic E-state index is 5.27. The third kappa shape index (κ3) is 11.3. The van der Waals surface area contributed by atoms with Crippen LogP contribution in [-0.2, 0) is 9.47 Å². The van der Waals surface area contributed by atoms with Crippen LogP contribution in [0.3, 0.4) is 0 Å².